The summed E-state index contributed by atoms with van der Waals surface area (Å²) >= 11 is 29.9. The highest BCUT2D eigenvalue weighted by atomic mass is 35.5. The number of hydrogen-bond donors (Lipinski definition) is 2. The van der Waals surface area contributed by atoms with Crippen molar-refractivity contribution in [1.29, 1.82) is 0 Å². The van der Waals surface area contributed by atoms with Crippen LogP contribution in [0.15, 0.2) is 24.3 Å². The number of aliphatic hydroxyl groups excluding tert-OH is 1. The zero-order valence-corrected chi connectivity index (χ0v) is 14.8. The molecule has 0 aliphatic rings. The van der Waals surface area contributed by atoms with Gasteiger partial charge in [-0.15, -0.1) is 0 Å². The largest absolute Gasteiger partial charge is 0.478 e. The van der Waals surface area contributed by atoms with Gasteiger partial charge in [0, 0.05) is 23.3 Å². The predicted octanol–water partition coefficient (Wildman–Crippen LogP) is 5.93. The molecule has 0 saturated carbocycles. The van der Waals surface area contributed by atoms with Crippen molar-refractivity contribution in [2.75, 3.05) is 7.11 Å². The second-order valence-electron chi connectivity index (χ2n) is 3.86. The lowest BCUT2D eigenvalue weighted by molar-refractivity contribution is 0.0697. The molecule has 8 heteroatoms. The van der Waals surface area contributed by atoms with Crippen molar-refractivity contribution < 1.29 is 15.0 Å². The molecule has 22 heavy (non-hydrogen) atoms. The molecule has 0 unspecified atom stereocenters. The standard InChI is InChI=1S/C13H5Cl5O2.CH4O/c14-8-3-7(13(19)20)9(15)1-5(8)6-2-11(17)12(18)4-10(6)16;1-2/h1-4H,(H,19,20);2H,1H3. The van der Waals surface area contributed by atoms with Crippen molar-refractivity contribution in [2.24, 2.45) is 0 Å². The second kappa shape index (κ2) is 8.25. The van der Waals surface area contributed by atoms with Crippen molar-refractivity contribution in [3.8, 4) is 11.1 Å². The van der Waals surface area contributed by atoms with Gasteiger partial charge in [-0.25, -0.2) is 4.79 Å². The van der Waals surface area contributed by atoms with E-state index in [4.69, 9.17) is 68.2 Å². The number of hydrogen-bond acceptors (Lipinski definition) is 2. The number of carbonyl (C=O) groups is 1. The average molecular weight is 402 g/mol. The highest BCUT2D eigenvalue weighted by Gasteiger charge is 2.16. The van der Waals surface area contributed by atoms with Crippen molar-refractivity contribution in [2.45, 2.75) is 0 Å². The lowest BCUT2D eigenvalue weighted by Crippen LogP contribution is -1.98. The average Bonchev–Trinajstić information content (AvgIpc) is 2.47. The van der Waals surface area contributed by atoms with E-state index in [1.165, 1.54) is 18.2 Å². The maximum Gasteiger partial charge on any atom is 0.337 e. The van der Waals surface area contributed by atoms with Crippen molar-refractivity contribution >= 4 is 64.0 Å². The number of benzene rings is 2. The molecular formula is C14H9Cl5O3. The Morgan fingerprint density at radius 3 is 1.64 bits per heavy atom. The number of carboxylic acid groups (broad SMARTS) is 1. The Bertz CT molecular complexity index is 716. The molecule has 2 rings (SSSR count). The molecule has 0 fully saturated rings. The molecule has 0 aromatic heterocycles. The molecule has 2 aromatic carbocycles. The minimum atomic E-state index is -1.16. The summed E-state index contributed by atoms with van der Waals surface area (Å²) in [6.45, 7) is 0. The maximum absolute atomic E-state index is 11.0. The van der Waals surface area contributed by atoms with Crippen molar-refractivity contribution in [1.82, 2.24) is 0 Å². The fraction of sp³-hybridized carbons (Fsp3) is 0.0714. The van der Waals surface area contributed by atoms with Gasteiger partial charge in [-0.3, -0.25) is 0 Å². The zero-order valence-electron chi connectivity index (χ0n) is 11.0. The summed E-state index contributed by atoms with van der Waals surface area (Å²) < 4.78 is 0. The minimum Gasteiger partial charge on any atom is -0.478 e. The van der Waals surface area contributed by atoms with Gasteiger partial charge in [0.25, 0.3) is 0 Å². The fourth-order valence-electron chi connectivity index (χ4n) is 1.65. The van der Waals surface area contributed by atoms with Gasteiger partial charge >= 0.3 is 5.97 Å². The Labute approximate surface area is 151 Å². The van der Waals surface area contributed by atoms with Crippen LogP contribution in [0.3, 0.4) is 0 Å². The van der Waals surface area contributed by atoms with Crippen LogP contribution in [-0.2, 0) is 0 Å². The Kier molecular flexibility index (Phi) is 7.26. The number of carboxylic acids is 1. The highest BCUT2D eigenvalue weighted by molar-refractivity contribution is 6.44. The number of aliphatic hydroxyl groups is 1. The van der Waals surface area contributed by atoms with Crippen LogP contribution in [0.25, 0.3) is 11.1 Å². The molecule has 2 aromatic rings. The molecule has 0 bridgehead atoms. The molecule has 0 aliphatic heterocycles. The molecule has 0 radical (unpaired) electrons. The molecule has 3 nitrogen and oxygen atoms in total. The molecule has 2 N–H and O–H groups in total. The summed E-state index contributed by atoms with van der Waals surface area (Å²) in [4.78, 5) is 11.0. The van der Waals surface area contributed by atoms with Gasteiger partial charge in [0.05, 0.1) is 25.7 Å². The van der Waals surface area contributed by atoms with Crippen LogP contribution in [0.4, 0.5) is 0 Å². The number of rotatable bonds is 2. The first-order valence-electron chi connectivity index (χ1n) is 5.63. The Morgan fingerprint density at radius 1 is 0.727 bits per heavy atom. The lowest BCUT2D eigenvalue weighted by atomic mass is 10.0. The third kappa shape index (κ3) is 4.19. The van der Waals surface area contributed by atoms with E-state index in [2.05, 4.69) is 0 Å². The summed E-state index contributed by atoms with van der Waals surface area (Å²) in [5, 5.41) is 17.2. The van der Waals surface area contributed by atoms with Crippen LogP contribution in [-0.4, -0.2) is 23.3 Å². The van der Waals surface area contributed by atoms with Gasteiger partial charge in [0.2, 0.25) is 0 Å². The van der Waals surface area contributed by atoms with E-state index in [1.807, 2.05) is 0 Å². The van der Waals surface area contributed by atoms with Crippen LogP contribution >= 0.6 is 58.0 Å². The van der Waals surface area contributed by atoms with E-state index in [-0.39, 0.29) is 15.6 Å². The first kappa shape index (κ1) is 19.4. The van der Waals surface area contributed by atoms with Crippen LogP contribution in [0.1, 0.15) is 10.4 Å². The Hall–Kier alpha value is -0.680. The number of aromatic carboxylic acids is 1. The molecule has 0 amide bonds. The number of halogens is 5. The van der Waals surface area contributed by atoms with Gasteiger partial charge in [-0.1, -0.05) is 58.0 Å². The summed E-state index contributed by atoms with van der Waals surface area (Å²) in [5.41, 5.74) is 0.909. The van der Waals surface area contributed by atoms with Crippen LogP contribution in [0.2, 0.25) is 25.1 Å². The van der Waals surface area contributed by atoms with E-state index in [1.54, 1.807) is 6.07 Å². The summed E-state index contributed by atoms with van der Waals surface area (Å²) in [6.07, 6.45) is 0. The first-order valence-corrected chi connectivity index (χ1v) is 7.52. The molecular weight excluding hydrogens is 393 g/mol. The van der Waals surface area contributed by atoms with Gasteiger partial charge in [-0.05, 0) is 24.3 Å². The van der Waals surface area contributed by atoms with E-state index in [9.17, 15) is 4.79 Å². The topological polar surface area (TPSA) is 57.5 Å². The summed E-state index contributed by atoms with van der Waals surface area (Å²) in [7, 11) is 1.00. The molecule has 0 heterocycles. The predicted molar refractivity (Wildman–Crippen MR) is 92.0 cm³/mol. The van der Waals surface area contributed by atoms with E-state index >= 15 is 0 Å². The smallest absolute Gasteiger partial charge is 0.337 e. The molecule has 118 valence electrons. The first-order chi connectivity index (χ1) is 10.3. The normalized spacial score (nSPS) is 9.95. The molecule has 0 saturated heterocycles. The highest BCUT2D eigenvalue weighted by Crippen LogP contribution is 2.40. The molecule has 0 atom stereocenters. The van der Waals surface area contributed by atoms with Gasteiger partial charge in [0.1, 0.15) is 0 Å². The van der Waals surface area contributed by atoms with Crippen LogP contribution in [0.5, 0.6) is 0 Å². The van der Waals surface area contributed by atoms with Crippen LogP contribution in [0, 0.1) is 0 Å². The third-order valence-electron chi connectivity index (χ3n) is 2.59. The summed E-state index contributed by atoms with van der Waals surface area (Å²) in [5.74, 6) is -1.16. The molecule has 0 spiro atoms. The minimum absolute atomic E-state index is 0.0547. The Morgan fingerprint density at radius 2 is 1.14 bits per heavy atom. The van der Waals surface area contributed by atoms with Crippen molar-refractivity contribution in [3.63, 3.8) is 0 Å². The van der Waals surface area contributed by atoms with Gasteiger partial charge in [-0.2, -0.15) is 0 Å². The second-order valence-corrected chi connectivity index (χ2v) is 5.90. The SMILES string of the molecule is CO.O=C(O)c1cc(Cl)c(-c2cc(Cl)c(Cl)cc2Cl)cc1Cl. The van der Waals surface area contributed by atoms with Gasteiger partial charge < -0.3 is 10.2 Å². The fourth-order valence-corrected chi connectivity index (χ4v) is 2.80. The third-order valence-corrected chi connectivity index (χ3v) is 4.25. The van der Waals surface area contributed by atoms with E-state index in [0.717, 1.165) is 7.11 Å². The van der Waals surface area contributed by atoms with Crippen LogP contribution < -0.4 is 0 Å². The maximum atomic E-state index is 11.0. The van der Waals surface area contributed by atoms with Gasteiger partial charge in [0.15, 0.2) is 0 Å². The molecule has 0 aliphatic carbocycles. The lowest BCUT2D eigenvalue weighted by Gasteiger charge is -2.10. The summed E-state index contributed by atoms with van der Waals surface area (Å²) in [6, 6.07) is 5.72. The van der Waals surface area contributed by atoms with Crippen molar-refractivity contribution in [3.05, 3.63) is 54.9 Å². The zero-order chi connectivity index (χ0) is 17.0. The monoisotopic (exact) mass is 400 g/mol. The Balaban J connectivity index is 0.00000116. The van der Waals surface area contributed by atoms with E-state index < -0.39 is 5.97 Å². The van der Waals surface area contributed by atoms with E-state index in [0.29, 0.717) is 26.2 Å². The quantitative estimate of drug-likeness (QED) is 0.613.